The zero-order valence-corrected chi connectivity index (χ0v) is 13.0. The fraction of sp³-hybridized carbons (Fsp3) is 0.118. The number of hydrogen-bond donors (Lipinski definition) is 3. The molecular formula is C17H16N4O3. The highest BCUT2D eigenvalue weighted by atomic mass is 16.5. The molecular weight excluding hydrogens is 308 g/mol. The van der Waals surface area contributed by atoms with Gasteiger partial charge in [0.25, 0.3) is 11.8 Å². The molecule has 0 fully saturated rings. The monoisotopic (exact) mass is 324 g/mol. The van der Waals surface area contributed by atoms with Crippen LogP contribution in [0.1, 0.15) is 27.6 Å². The minimum atomic E-state index is -0.500. The van der Waals surface area contributed by atoms with Gasteiger partial charge in [0.1, 0.15) is 5.56 Å². The lowest BCUT2D eigenvalue weighted by atomic mass is 10.2. The minimum Gasteiger partial charge on any atom is -0.477 e. The van der Waals surface area contributed by atoms with Crippen LogP contribution in [0.3, 0.4) is 0 Å². The number of nitrogens with zero attached hydrogens (tertiary/aromatic N) is 1. The number of hydrazine groups is 1. The predicted octanol–water partition coefficient (Wildman–Crippen LogP) is 2.04. The first-order chi connectivity index (χ1) is 11.7. The van der Waals surface area contributed by atoms with Gasteiger partial charge >= 0.3 is 0 Å². The number of amides is 2. The fourth-order valence-corrected chi connectivity index (χ4v) is 2.32. The molecule has 2 amide bonds. The van der Waals surface area contributed by atoms with Gasteiger partial charge in [-0.2, -0.15) is 0 Å². The van der Waals surface area contributed by atoms with E-state index in [0.29, 0.717) is 12.2 Å². The molecule has 0 saturated carbocycles. The minimum absolute atomic E-state index is 0.221. The number of para-hydroxylation sites is 1. The lowest BCUT2D eigenvalue weighted by Gasteiger charge is -2.10. The molecule has 7 heteroatoms. The van der Waals surface area contributed by atoms with E-state index in [1.54, 1.807) is 25.3 Å². The first-order valence-electron chi connectivity index (χ1n) is 7.45. The van der Waals surface area contributed by atoms with Crippen molar-refractivity contribution in [2.24, 2.45) is 0 Å². The number of aromatic nitrogens is 2. The summed E-state index contributed by atoms with van der Waals surface area (Å²) >= 11 is 0. The number of hydrogen-bond acceptors (Lipinski definition) is 4. The van der Waals surface area contributed by atoms with Crippen molar-refractivity contribution in [2.75, 3.05) is 6.61 Å². The first kappa shape index (κ1) is 15.5. The average molecular weight is 324 g/mol. The Bertz CT molecular complexity index is 888. The number of fused-ring (bicyclic) bond motifs is 1. The Kier molecular flexibility index (Phi) is 4.42. The molecule has 0 saturated heterocycles. The van der Waals surface area contributed by atoms with Gasteiger partial charge in [-0.15, -0.1) is 0 Å². The van der Waals surface area contributed by atoms with Crippen molar-refractivity contribution in [3.05, 3.63) is 59.9 Å². The van der Waals surface area contributed by atoms with Crippen molar-refractivity contribution in [1.82, 2.24) is 20.8 Å². The third-order valence-corrected chi connectivity index (χ3v) is 3.42. The highest BCUT2D eigenvalue weighted by molar-refractivity contribution is 6.07. The van der Waals surface area contributed by atoms with Gasteiger partial charge in [0.2, 0.25) is 5.88 Å². The van der Waals surface area contributed by atoms with E-state index in [-0.39, 0.29) is 11.4 Å². The van der Waals surface area contributed by atoms with Crippen LogP contribution in [-0.2, 0) is 0 Å². The number of benzene rings is 1. The quantitative estimate of drug-likeness (QED) is 0.640. The molecule has 1 aromatic carbocycles. The number of aromatic amines is 1. The SMILES string of the molecule is CCOc1ncccc1C(=O)NNC(=O)c1c[nH]c2ccccc12. The van der Waals surface area contributed by atoms with Crippen LogP contribution in [0, 0.1) is 0 Å². The highest BCUT2D eigenvalue weighted by Gasteiger charge is 2.16. The molecule has 0 radical (unpaired) electrons. The number of H-pyrrole nitrogens is 1. The lowest BCUT2D eigenvalue weighted by Crippen LogP contribution is -2.41. The summed E-state index contributed by atoms with van der Waals surface area (Å²) in [6, 6.07) is 10.6. The number of nitrogens with one attached hydrogen (secondary N) is 3. The molecule has 3 aromatic rings. The van der Waals surface area contributed by atoms with Crippen molar-refractivity contribution in [3.8, 4) is 5.88 Å². The zero-order chi connectivity index (χ0) is 16.9. The van der Waals surface area contributed by atoms with Crippen LogP contribution in [0.25, 0.3) is 10.9 Å². The van der Waals surface area contributed by atoms with Crippen LogP contribution < -0.4 is 15.6 Å². The molecule has 7 nitrogen and oxygen atoms in total. The summed E-state index contributed by atoms with van der Waals surface area (Å²) in [5.41, 5.74) is 6.32. The molecule has 0 unspecified atom stereocenters. The van der Waals surface area contributed by atoms with E-state index in [1.807, 2.05) is 24.3 Å². The second kappa shape index (κ2) is 6.82. The molecule has 3 N–H and O–H groups in total. The van der Waals surface area contributed by atoms with E-state index in [2.05, 4.69) is 20.8 Å². The summed E-state index contributed by atoms with van der Waals surface area (Å²) in [6.07, 6.45) is 3.13. The van der Waals surface area contributed by atoms with E-state index in [4.69, 9.17) is 4.74 Å². The molecule has 0 spiro atoms. The fourth-order valence-electron chi connectivity index (χ4n) is 2.32. The molecule has 0 aliphatic carbocycles. The number of carbonyl (C=O) groups is 2. The van der Waals surface area contributed by atoms with Gasteiger partial charge < -0.3 is 9.72 Å². The maximum atomic E-state index is 12.3. The summed E-state index contributed by atoms with van der Waals surface area (Å²) in [5.74, 6) is -0.693. The van der Waals surface area contributed by atoms with Gasteiger partial charge in [-0.05, 0) is 25.1 Å². The maximum absolute atomic E-state index is 12.3. The number of pyridine rings is 1. The van der Waals surface area contributed by atoms with E-state index in [9.17, 15) is 9.59 Å². The van der Waals surface area contributed by atoms with E-state index in [0.717, 1.165) is 10.9 Å². The van der Waals surface area contributed by atoms with Crippen LogP contribution in [0.4, 0.5) is 0 Å². The van der Waals surface area contributed by atoms with Crippen molar-refractivity contribution < 1.29 is 14.3 Å². The van der Waals surface area contributed by atoms with Crippen molar-refractivity contribution in [1.29, 1.82) is 0 Å². The van der Waals surface area contributed by atoms with Gasteiger partial charge in [-0.25, -0.2) is 4.98 Å². The second-order valence-corrected chi connectivity index (χ2v) is 4.95. The number of carbonyl (C=O) groups excluding carboxylic acids is 2. The topological polar surface area (TPSA) is 96.1 Å². The number of ether oxygens (including phenoxy) is 1. The van der Waals surface area contributed by atoms with Crippen molar-refractivity contribution in [2.45, 2.75) is 6.92 Å². The van der Waals surface area contributed by atoms with Crippen LogP contribution in [0.2, 0.25) is 0 Å². The van der Waals surface area contributed by atoms with E-state index >= 15 is 0 Å². The van der Waals surface area contributed by atoms with Crippen molar-refractivity contribution in [3.63, 3.8) is 0 Å². The smallest absolute Gasteiger partial charge is 0.275 e. The van der Waals surface area contributed by atoms with Crippen LogP contribution >= 0.6 is 0 Å². The molecule has 122 valence electrons. The lowest BCUT2D eigenvalue weighted by molar-refractivity contribution is 0.0845. The average Bonchev–Trinajstić information content (AvgIpc) is 3.04. The van der Waals surface area contributed by atoms with Gasteiger partial charge in [0.05, 0.1) is 12.2 Å². The Balaban J connectivity index is 1.71. The maximum Gasteiger partial charge on any atom is 0.275 e. The Morgan fingerprint density at radius 3 is 2.62 bits per heavy atom. The molecule has 24 heavy (non-hydrogen) atoms. The second-order valence-electron chi connectivity index (χ2n) is 4.95. The largest absolute Gasteiger partial charge is 0.477 e. The van der Waals surface area contributed by atoms with Gasteiger partial charge in [0.15, 0.2) is 0 Å². The molecule has 0 aliphatic rings. The zero-order valence-electron chi connectivity index (χ0n) is 13.0. The van der Waals surface area contributed by atoms with Crippen LogP contribution in [-0.4, -0.2) is 28.4 Å². The summed E-state index contributed by atoms with van der Waals surface area (Å²) < 4.78 is 5.31. The van der Waals surface area contributed by atoms with Gasteiger partial charge in [-0.3, -0.25) is 20.4 Å². The molecule has 0 atom stereocenters. The predicted molar refractivity (Wildman–Crippen MR) is 88.6 cm³/mol. The first-order valence-corrected chi connectivity index (χ1v) is 7.45. The Hall–Kier alpha value is -3.35. The molecule has 0 aliphatic heterocycles. The molecule has 2 heterocycles. The van der Waals surface area contributed by atoms with Crippen molar-refractivity contribution >= 4 is 22.7 Å². The molecule has 3 rings (SSSR count). The summed E-state index contributed by atoms with van der Waals surface area (Å²) in [5, 5.41) is 0.778. The highest BCUT2D eigenvalue weighted by Crippen LogP contribution is 2.17. The third-order valence-electron chi connectivity index (χ3n) is 3.42. The summed E-state index contributed by atoms with van der Waals surface area (Å²) in [7, 11) is 0. The van der Waals surface area contributed by atoms with E-state index < -0.39 is 11.8 Å². The standard InChI is InChI=1S/C17H16N4O3/c1-2-24-17-12(7-5-9-18-17)15(22)20-21-16(23)13-10-19-14-8-4-3-6-11(13)14/h3-10,19H,2H2,1H3,(H,20,22)(H,21,23). The van der Waals surface area contributed by atoms with Crippen LogP contribution in [0.5, 0.6) is 5.88 Å². The Morgan fingerprint density at radius 1 is 1.08 bits per heavy atom. The Labute approximate surface area is 138 Å². The number of rotatable bonds is 4. The molecule has 2 aromatic heterocycles. The normalized spacial score (nSPS) is 10.4. The summed E-state index contributed by atoms with van der Waals surface area (Å²) in [6.45, 7) is 2.19. The summed E-state index contributed by atoms with van der Waals surface area (Å²) in [4.78, 5) is 31.5. The van der Waals surface area contributed by atoms with Gasteiger partial charge in [-0.1, -0.05) is 18.2 Å². The third kappa shape index (κ3) is 3.05. The van der Waals surface area contributed by atoms with Gasteiger partial charge in [0, 0.05) is 23.3 Å². The Morgan fingerprint density at radius 2 is 1.83 bits per heavy atom. The molecule has 0 bridgehead atoms. The van der Waals surface area contributed by atoms with E-state index in [1.165, 1.54) is 6.20 Å². The van der Waals surface area contributed by atoms with Crippen LogP contribution in [0.15, 0.2) is 48.8 Å².